The zero-order valence-corrected chi connectivity index (χ0v) is 11.5. The first kappa shape index (κ1) is 13.0. The van der Waals surface area contributed by atoms with Crippen LogP contribution in [0.1, 0.15) is 28.6 Å². The first-order valence-corrected chi connectivity index (χ1v) is 7.09. The predicted molar refractivity (Wildman–Crippen MR) is 72.5 cm³/mol. The number of likely N-dealkylation sites (tertiary alicyclic amines) is 1. The van der Waals surface area contributed by atoms with Gasteiger partial charge < -0.3 is 10.5 Å². The molecule has 3 nitrogen and oxygen atoms in total. The van der Waals surface area contributed by atoms with Crippen molar-refractivity contribution in [2.24, 2.45) is 5.73 Å². The van der Waals surface area contributed by atoms with E-state index < -0.39 is 0 Å². The van der Waals surface area contributed by atoms with Gasteiger partial charge in [0.05, 0.1) is 12.6 Å². The van der Waals surface area contributed by atoms with Crippen LogP contribution in [-0.2, 0) is 4.74 Å². The lowest BCUT2D eigenvalue weighted by molar-refractivity contribution is 0.0864. The van der Waals surface area contributed by atoms with Crippen molar-refractivity contribution in [3.63, 3.8) is 0 Å². The van der Waals surface area contributed by atoms with Crippen LogP contribution >= 0.6 is 11.3 Å². The van der Waals surface area contributed by atoms with Crippen molar-refractivity contribution in [2.75, 3.05) is 26.8 Å². The molecule has 0 aromatic carbocycles. The number of ether oxygens (including phenoxy) is 1. The molecule has 1 aromatic rings. The second-order valence-corrected chi connectivity index (χ2v) is 6.05. The molecule has 0 aliphatic carbocycles. The second-order valence-electron chi connectivity index (χ2n) is 4.73. The summed E-state index contributed by atoms with van der Waals surface area (Å²) < 4.78 is 5.19. The SMILES string of the molecule is COCCN1CCCC(N)C1c1ccc(C)s1. The third kappa shape index (κ3) is 3.07. The smallest absolute Gasteiger partial charge is 0.0594 e. The van der Waals surface area contributed by atoms with Gasteiger partial charge in [0.1, 0.15) is 0 Å². The van der Waals surface area contributed by atoms with Crippen molar-refractivity contribution < 1.29 is 4.74 Å². The number of nitrogens with two attached hydrogens (primary N) is 1. The van der Waals surface area contributed by atoms with Crippen molar-refractivity contribution in [1.29, 1.82) is 0 Å². The fourth-order valence-electron chi connectivity index (χ4n) is 2.56. The summed E-state index contributed by atoms with van der Waals surface area (Å²) in [6.07, 6.45) is 2.33. The average molecular weight is 254 g/mol. The van der Waals surface area contributed by atoms with Crippen molar-refractivity contribution >= 4 is 11.3 Å². The van der Waals surface area contributed by atoms with Gasteiger partial charge in [-0.05, 0) is 38.4 Å². The van der Waals surface area contributed by atoms with Crippen molar-refractivity contribution in [2.45, 2.75) is 31.8 Å². The summed E-state index contributed by atoms with van der Waals surface area (Å²) in [7, 11) is 1.76. The average Bonchev–Trinajstić information content (AvgIpc) is 2.73. The minimum absolute atomic E-state index is 0.263. The summed E-state index contributed by atoms with van der Waals surface area (Å²) in [5.74, 6) is 0. The molecule has 0 radical (unpaired) electrons. The van der Waals surface area contributed by atoms with Gasteiger partial charge >= 0.3 is 0 Å². The number of methoxy groups -OCH3 is 1. The monoisotopic (exact) mass is 254 g/mol. The van der Waals surface area contributed by atoms with Crippen molar-refractivity contribution in [1.82, 2.24) is 4.90 Å². The standard InChI is InChI=1S/C13H22N2OS/c1-10-5-6-12(17-10)13-11(14)4-3-7-15(13)8-9-16-2/h5-6,11,13H,3-4,7-9,14H2,1-2H3. The molecule has 17 heavy (non-hydrogen) atoms. The van der Waals surface area contributed by atoms with E-state index in [1.54, 1.807) is 7.11 Å². The summed E-state index contributed by atoms with van der Waals surface area (Å²) in [5.41, 5.74) is 6.31. The maximum absolute atomic E-state index is 6.31. The van der Waals surface area contributed by atoms with Gasteiger partial charge in [0.2, 0.25) is 0 Å². The summed E-state index contributed by atoms with van der Waals surface area (Å²) in [6, 6.07) is 5.07. The molecule has 2 N–H and O–H groups in total. The van der Waals surface area contributed by atoms with Crippen molar-refractivity contribution in [3.05, 3.63) is 21.9 Å². The summed E-state index contributed by atoms with van der Waals surface area (Å²) in [5, 5.41) is 0. The third-order valence-electron chi connectivity index (χ3n) is 3.42. The molecule has 2 heterocycles. The lowest BCUT2D eigenvalue weighted by Crippen LogP contribution is -2.46. The molecule has 0 spiro atoms. The topological polar surface area (TPSA) is 38.5 Å². The van der Waals surface area contributed by atoms with Gasteiger partial charge in [0.25, 0.3) is 0 Å². The van der Waals surface area contributed by atoms with E-state index in [9.17, 15) is 0 Å². The van der Waals surface area contributed by atoms with Gasteiger partial charge in [-0.15, -0.1) is 11.3 Å². The van der Waals surface area contributed by atoms with Gasteiger partial charge in [-0.1, -0.05) is 0 Å². The molecule has 1 aromatic heterocycles. The number of thiophene rings is 1. The molecular formula is C13H22N2OS. The molecule has 0 bridgehead atoms. The maximum Gasteiger partial charge on any atom is 0.0594 e. The Morgan fingerprint density at radius 2 is 2.35 bits per heavy atom. The Bertz CT molecular complexity index is 353. The highest BCUT2D eigenvalue weighted by atomic mass is 32.1. The molecule has 1 aliphatic rings. The molecule has 2 atom stereocenters. The summed E-state index contributed by atoms with van der Waals surface area (Å²) in [6.45, 7) is 5.06. The zero-order valence-electron chi connectivity index (χ0n) is 10.7. The molecular weight excluding hydrogens is 232 g/mol. The highest BCUT2D eigenvalue weighted by Gasteiger charge is 2.30. The fraction of sp³-hybridized carbons (Fsp3) is 0.692. The number of nitrogens with zero attached hydrogens (tertiary/aromatic N) is 1. The van der Waals surface area contributed by atoms with Gasteiger partial charge in [0.15, 0.2) is 0 Å². The molecule has 0 saturated carbocycles. The van der Waals surface area contributed by atoms with Crippen LogP contribution in [0.15, 0.2) is 12.1 Å². The fourth-order valence-corrected chi connectivity index (χ4v) is 3.65. The van der Waals surface area contributed by atoms with Gasteiger partial charge in [-0.3, -0.25) is 4.90 Å². The molecule has 96 valence electrons. The van der Waals surface area contributed by atoms with E-state index in [0.29, 0.717) is 6.04 Å². The Morgan fingerprint density at radius 1 is 1.53 bits per heavy atom. The van der Waals surface area contributed by atoms with Crippen LogP contribution < -0.4 is 5.73 Å². The molecule has 4 heteroatoms. The highest BCUT2D eigenvalue weighted by molar-refractivity contribution is 7.12. The Hall–Kier alpha value is -0.420. The van der Waals surface area contributed by atoms with Crippen LogP contribution in [0.2, 0.25) is 0 Å². The number of hydrogen-bond acceptors (Lipinski definition) is 4. The van der Waals surface area contributed by atoms with Crippen LogP contribution in [0.3, 0.4) is 0 Å². The Balaban J connectivity index is 2.12. The van der Waals surface area contributed by atoms with Gasteiger partial charge in [-0.2, -0.15) is 0 Å². The summed E-state index contributed by atoms with van der Waals surface area (Å²) >= 11 is 1.87. The molecule has 2 unspecified atom stereocenters. The quantitative estimate of drug-likeness (QED) is 0.895. The molecule has 1 saturated heterocycles. The minimum atomic E-state index is 0.263. The zero-order chi connectivity index (χ0) is 12.3. The molecule has 2 rings (SSSR count). The largest absolute Gasteiger partial charge is 0.383 e. The van der Waals surface area contributed by atoms with E-state index in [1.165, 1.54) is 16.2 Å². The van der Waals surface area contributed by atoms with Crippen LogP contribution in [0.5, 0.6) is 0 Å². The lowest BCUT2D eigenvalue weighted by atomic mass is 9.95. The first-order chi connectivity index (χ1) is 8.22. The Labute approximate surface area is 108 Å². The molecule has 1 aliphatic heterocycles. The first-order valence-electron chi connectivity index (χ1n) is 6.27. The van der Waals surface area contributed by atoms with Crippen molar-refractivity contribution in [3.8, 4) is 0 Å². The Morgan fingerprint density at radius 3 is 3.00 bits per heavy atom. The van der Waals surface area contributed by atoms with Gasteiger partial charge in [-0.25, -0.2) is 0 Å². The third-order valence-corrected chi connectivity index (χ3v) is 4.49. The van der Waals surface area contributed by atoms with E-state index in [4.69, 9.17) is 10.5 Å². The van der Waals surface area contributed by atoms with E-state index >= 15 is 0 Å². The number of hydrogen-bond donors (Lipinski definition) is 1. The molecule has 0 amide bonds. The van der Waals surface area contributed by atoms with Crippen LogP contribution in [0, 0.1) is 6.92 Å². The normalized spacial score (nSPS) is 26.3. The number of aryl methyl sites for hydroxylation is 1. The van der Waals surface area contributed by atoms with Crippen LogP contribution in [0.4, 0.5) is 0 Å². The van der Waals surface area contributed by atoms with Crippen LogP contribution in [0.25, 0.3) is 0 Å². The maximum atomic E-state index is 6.31. The van der Waals surface area contributed by atoms with Gasteiger partial charge in [0, 0.05) is 29.5 Å². The minimum Gasteiger partial charge on any atom is -0.383 e. The Kier molecular flexibility index (Phi) is 4.56. The van der Waals surface area contributed by atoms with E-state index in [0.717, 1.165) is 26.1 Å². The second kappa shape index (κ2) is 5.96. The summed E-state index contributed by atoms with van der Waals surface area (Å²) in [4.78, 5) is 5.25. The van der Waals surface area contributed by atoms with E-state index in [2.05, 4.69) is 24.0 Å². The number of piperidine rings is 1. The number of rotatable bonds is 4. The predicted octanol–water partition coefficient (Wildman–Crippen LogP) is 2.17. The highest BCUT2D eigenvalue weighted by Crippen LogP contribution is 2.33. The van der Waals surface area contributed by atoms with E-state index in [1.807, 2.05) is 11.3 Å². The molecule has 1 fully saturated rings. The van der Waals surface area contributed by atoms with Crippen LogP contribution in [-0.4, -0.2) is 37.7 Å². The lowest BCUT2D eigenvalue weighted by Gasteiger charge is -2.39. The van der Waals surface area contributed by atoms with E-state index in [-0.39, 0.29) is 6.04 Å².